The fraction of sp³-hybridized carbons (Fsp3) is 0.600. The van der Waals surface area contributed by atoms with Crippen molar-refractivity contribution < 1.29 is 23.1 Å². The summed E-state index contributed by atoms with van der Waals surface area (Å²) >= 11 is 1.10. The monoisotopic (exact) mass is 372 g/mol. The van der Waals surface area contributed by atoms with Crippen LogP contribution in [0.1, 0.15) is 41.8 Å². The number of sulfonamides is 1. The number of carbonyl (C=O) groups is 2. The normalized spacial score (nSPS) is 25.0. The van der Waals surface area contributed by atoms with Gasteiger partial charge >= 0.3 is 5.97 Å². The predicted octanol–water partition coefficient (Wildman–Crippen LogP) is 1.52. The first-order valence-corrected chi connectivity index (χ1v) is 10.3. The molecule has 2 atom stereocenters. The van der Waals surface area contributed by atoms with Crippen LogP contribution < -0.4 is 5.32 Å². The van der Waals surface area contributed by atoms with Gasteiger partial charge in [0.2, 0.25) is 10.0 Å². The maximum atomic E-state index is 12.7. The van der Waals surface area contributed by atoms with Gasteiger partial charge in [-0.1, -0.05) is 0 Å². The Hall–Kier alpha value is -1.45. The number of nitrogens with zero attached hydrogens (tertiary/aromatic N) is 1. The Morgan fingerprint density at radius 3 is 2.58 bits per heavy atom. The van der Waals surface area contributed by atoms with Gasteiger partial charge in [0, 0.05) is 19.1 Å². The van der Waals surface area contributed by atoms with Gasteiger partial charge in [-0.25, -0.2) is 8.42 Å². The zero-order chi connectivity index (χ0) is 17.3. The van der Waals surface area contributed by atoms with Crippen LogP contribution in [0.25, 0.3) is 0 Å². The third kappa shape index (κ3) is 3.33. The van der Waals surface area contributed by atoms with Crippen LogP contribution in [0.15, 0.2) is 16.3 Å². The minimum atomic E-state index is -3.64. The fourth-order valence-electron chi connectivity index (χ4n) is 3.32. The van der Waals surface area contributed by atoms with Crippen molar-refractivity contribution in [1.82, 2.24) is 9.62 Å². The molecule has 2 aliphatic rings. The van der Waals surface area contributed by atoms with E-state index >= 15 is 0 Å². The maximum Gasteiger partial charge on any atom is 0.306 e. The van der Waals surface area contributed by atoms with E-state index in [1.54, 1.807) is 5.38 Å². The summed E-state index contributed by atoms with van der Waals surface area (Å²) in [7, 11) is -3.64. The van der Waals surface area contributed by atoms with E-state index in [2.05, 4.69) is 5.32 Å². The number of rotatable bonds is 5. The van der Waals surface area contributed by atoms with Crippen molar-refractivity contribution in [3.8, 4) is 0 Å². The molecule has 24 heavy (non-hydrogen) atoms. The van der Waals surface area contributed by atoms with E-state index in [0.717, 1.165) is 24.2 Å². The summed E-state index contributed by atoms with van der Waals surface area (Å²) in [5, 5.41) is 13.4. The third-order valence-electron chi connectivity index (χ3n) is 4.64. The first-order chi connectivity index (χ1) is 11.4. The lowest BCUT2D eigenvalue weighted by atomic mass is 10.1. The van der Waals surface area contributed by atoms with Gasteiger partial charge in [-0.15, -0.1) is 11.3 Å². The van der Waals surface area contributed by atoms with Crippen LogP contribution in [0.2, 0.25) is 0 Å². The summed E-state index contributed by atoms with van der Waals surface area (Å²) in [5.41, 5.74) is 0. The molecule has 0 radical (unpaired) electrons. The van der Waals surface area contributed by atoms with Gasteiger partial charge in [-0.2, -0.15) is 4.31 Å². The van der Waals surface area contributed by atoms with Crippen molar-refractivity contribution in [2.24, 2.45) is 5.92 Å². The summed E-state index contributed by atoms with van der Waals surface area (Å²) in [6, 6.07) is 1.25. The number of aliphatic carboxylic acids is 1. The highest BCUT2D eigenvalue weighted by molar-refractivity contribution is 7.89. The largest absolute Gasteiger partial charge is 0.481 e. The van der Waals surface area contributed by atoms with Gasteiger partial charge in [-0.3, -0.25) is 9.59 Å². The number of thiophene rings is 1. The van der Waals surface area contributed by atoms with Crippen LogP contribution in [0.4, 0.5) is 0 Å². The van der Waals surface area contributed by atoms with E-state index in [0.29, 0.717) is 32.4 Å². The zero-order valence-electron chi connectivity index (χ0n) is 13.1. The molecule has 0 aromatic carbocycles. The highest BCUT2D eigenvalue weighted by Crippen LogP contribution is 2.29. The molecule has 132 valence electrons. The molecule has 0 unspecified atom stereocenters. The van der Waals surface area contributed by atoms with Crippen LogP contribution in [0, 0.1) is 5.92 Å². The van der Waals surface area contributed by atoms with Crippen LogP contribution in [0.3, 0.4) is 0 Å². The SMILES string of the molecule is O=C(N[C@@H]1CC[C@H](C(=O)O)C1)c1sccc1S(=O)(=O)N1CCCC1. The molecule has 9 heteroatoms. The van der Waals surface area contributed by atoms with E-state index in [9.17, 15) is 18.0 Å². The number of nitrogens with one attached hydrogen (secondary N) is 1. The molecule has 2 heterocycles. The molecule has 2 N–H and O–H groups in total. The maximum absolute atomic E-state index is 12.7. The fourth-order valence-corrected chi connectivity index (χ4v) is 6.14. The number of carboxylic acids is 1. The molecule has 7 nitrogen and oxygen atoms in total. The second-order valence-corrected chi connectivity index (χ2v) is 9.07. The van der Waals surface area contributed by atoms with Gasteiger partial charge in [-0.05, 0) is 43.6 Å². The molecule has 0 spiro atoms. The van der Waals surface area contributed by atoms with E-state index in [4.69, 9.17) is 5.11 Å². The quantitative estimate of drug-likeness (QED) is 0.815. The van der Waals surface area contributed by atoms with Crippen LogP contribution in [0.5, 0.6) is 0 Å². The molecule has 1 aliphatic carbocycles. The number of amides is 1. The molecule has 0 bridgehead atoms. The van der Waals surface area contributed by atoms with Crippen molar-refractivity contribution in [2.45, 2.75) is 43.0 Å². The van der Waals surface area contributed by atoms with Crippen LogP contribution in [-0.4, -0.2) is 48.8 Å². The number of hydrogen-bond acceptors (Lipinski definition) is 5. The Labute approximate surface area is 144 Å². The summed E-state index contributed by atoms with van der Waals surface area (Å²) in [6.07, 6.45) is 3.19. The average Bonchev–Trinajstić information content (AvgIpc) is 3.27. The Bertz CT molecular complexity index is 737. The molecule has 1 amide bonds. The van der Waals surface area contributed by atoms with E-state index in [1.807, 2.05) is 0 Å². The Kier molecular flexibility index (Phi) is 4.93. The van der Waals surface area contributed by atoms with Crippen molar-refractivity contribution >= 4 is 33.2 Å². The summed E-state index contributed by atoms with van der Waals surface area (Å²) in [4.78, 5) is 23.7. The molecule has 2 fully saturated rings. The van der Waals surface area contributed by atoms with E-state index in [1.165, 1.54) is 10.4 Å². The lowest BCUT2D eigenvalue weighted by Crippen LogP contribution is -2.35. The molecule has 1 aliphatic heterocycles. The van der Waals surface area contributed by atoms with E-state index < -0.39 is 27.8 Å². The minimum absolute atomic E-state index is 0.0553. The molecule has 3 rings (SSSR count). The van der Waals surface area contributed by atoms with Gasteiger partial charge in [0.25, 0.3) is 5.91 Å². The smallest absolute Gasteiger partial charge is 0.306 e. The lowest BCUT2D eigenvalue weighted by Gasteiger charge is -2.17. The van der Waals surface area contributed by atoms with Crippen LogP contribution in [-0.2, 0) is 14.8 Å². The average molecular weight is 372 g/mol. The third-order valence-corrected chi connectivity index (χ3v) is 7.62. The molecular weight excluding hydrogens is 352 g/mol. The summed E-state index contributed by atoms with van der Waals surface area (Å²) in [5.74, 6) is -1.72. The van der Waals surface area contributed by atoms with Gasteiger partial charge < -0.3 is 10.4 Å². The van der Waals surface area contributed by atoms with Crippen molar-refractivity contribution in [2.75, 3.05) is 13.1 Å². The molecular formula is C15H20N2O5S2. The second kappa shape index (κ2) is 6.81. The van der Waals surface area contributed by atoms with E-state index in [-0.39, 0.29) is 15.8 Å². The predicted molar refractivity (Wildman–Crippen MR) is 88.5 cm³/mol. The number of carboxylic acid groups (broad SMARTS) is 1. The standard InChI is InChI=1S/C15H20N2O5S2/c18-14(16-11-4-3-10(9-11)15(19)20)13-12(5-8-23-13)24(21,22)17-6-1-2-7-17/h5,8,10-11H,1-4,6-7,9H2,(H,16,18)(H,19,20)/t10-,11+/m0/s1. The van der Waals surface area contributed by atoms with Gasteiger partial charge in [0.1, 0.15) is 9.77 Å². The minimum Gasteiger partial charge on any atom is -0.481 e. The lowest BCUT2D eigenvalue weighted by molar-refractivity contribution is -0.141. The number of carbonyl (C=O) groups excluding carboxylic acids is 1. The molecule has 1 saturated carbocycles. The van der Waals surface area contributed by atoms with Crippen molar-refractivity contribution in [1.29, 1.82) is 0 Å². The molecule has 1 aromatic rings. The van der Waals surface area contributed by atoms with Crippen LogP contribution >= 0.6 is 11.3 Å². The van der Waals surface area contributed by atoms with Gasteiger partial charge in [0.15, 0.2) is 0 Å². The first-order valence-electron chi connectivity index (χ1n) is 8.01. The van der Waals surface area contributed by atoms with Crippen molar-refractivity contribution in [3.63, 3.8) is 0 Å². The zero-order valence-corrected chi connectivity index (χ0v) is 14.7. The Morgan fingerprint density at radius 2 is 1.96 bits per heavy atom. The highest BCUT2D eigenvalue weighted by Gasteiger charge is 2.34. The number of hydrogen-bond donors (Lipinski definition) is 2. The first kappa shape index (κ1) is 17.4. The van der Waals surface area contributed by atoms with Gasteiger partial charge in [0.05, 0.1) is 5.92 Å². The van der Waals surface area contributed by atoms with Crippen molar-refractivity contribution in [3.05, 3.63) is 16.3 Å². The summed E-state index contributed by atoms with van der Waals surface area (Å²) < 4.78 is 26.8. The Morgan fingerprint density at radius 1 is 1.25 bits per heavy atom. The highest BCUT2D eigenvalue weighted by atomic mass is 32.2. The summed E-state index contributed by atoms with van der Waals surface area (Å²) in [6.45, 7) is 0.976. The molecule has 1 aromatic heterocycles. The Balaban J connectivity index is 1.73. The topological polar surface area (TPSA) is 104 Å². The second-order valence-electron chi connectivity index (χ2n) is 6.24. The molecule has 1 saturated heterocycles.